The Hall–Kier alpha value is -4.52. The summed E-state index contributed by atoms with van der Waals surface area (Å²) in [5, 5.41) is 3.20. The maximum atomic E-state index is 13.4. The molecule has 0 radical (unpaired) electrons. The molecular weight excluding hydrogens is 424 g/mol. The Balaban J connectivity index is 1.40. The van der Waals surface area contributed by atoms with Gasteiger partial charge in [-0.25, -0.2) is 19.8 Å². The van der Waals surface area contributed by atoms with Crippen molar-refractivity contribution >= 4 is 24.0 Å². The van der Waals surface area contributed by atoms with Gasteiger partial charge in [0.2, 0.25) is 0 Å². The number of carbonyl (C=O) groups excluding carboxylic acids is 1. The van der Waals surface area contributed by atoms with Crippen LogP contribution in [0.1, 0.15) is 22.4 Å². The molecule has 166 valence electrons. The van der Waals surface area contributed by atoms with Crippen molar-refractivity contribution < 1.29 is 4.79 Å². The average molecular weight is 447 g/mol. The second-order valence-electron chi connectivity index (χ2n) is 8.49. The van der Waals surface area contributed by atoms with Crippen LogP contribution in [0.2, 0.25) is 0 Å². The second-order valence-corrected chi connectivity index (χ2v) is 8.49. The first-order valence-electron chi connectivity index (χ1n) is 11.1. The van der Waals surface area contributed by atoms with E-state index in [1.54, 1.807) is 11.2 Å². The van der Waals surface area contributed by atoms with E-state index in [1.165, 1.54) is 6.34 Å². The van der Waals surface area contributed by atoms with Gasteiger partial charge in [-0.2, -0.15) is 0 Å². The molecule has 2 N–H and O–H groups in total. The van der Waals surface area contributed by atoms with Crippen molar-refractivity contribution in [3.05, 3.63) is 108 Å². The number of amidine groups is 1. The van der Waals surface area contributed by atoms with Crippen LogP contribution in [0, 0.1) is 6.92 Å². The maximum absolute atomic E-state index is 13.4. The molecule has 0 spiro atoms. The molecule has 0 saturated carbocycles. The lowest BCUT2D eigenvalue weighted by atomic mass is 9.85. The monoisotopic (exact) mass is 446 g/mol. The molecule has 34 heavy (non-hydrogen) atoms. The third kappa shape index (κ3) is 3.13. The molecule has 2 aliphatic rings. The zero-order valence-corrected chi connectivity index (χ0v) is 18.6. The predicted molar refractivity (Wildman–Crippen MR) is 132 cm³/mol. The fourth-order valence-electron chi connectivity index (χ4n) is 4.63. The fraction of sp³-hybridized carbons (Fsp3) is 0.111. The van der Waals surface area contributed by atoms with Crippen LogP contribution in [0.15, 0.2) is 95.2 Å². The van der Waals surface area contributed by atoms with Gasteiger partial charge in [-0.05, 0) is 29.2 Å². The lowest BCUT2D eigenvalue weighted by Crippen LogP contribution is -2.45. The number of aromatic amines is 1. The van der Waals surface area contributed by atoms with Crippen LogP contribution in [0.4, 0.5) is 10.6 Å². The Labute approximate surface area is 196 Å². The Kier molecular flexibility index (Phi) is 4.62. The van der Waals surface area contributed by atoms with Gasteiger partial charge >= 0.3 is 6.03 Å². The van der Waals surface area contributed by atoms with Crippen molar-refractivity contribution in [2.75, 3.05) is 0 Å². The normalized spacial score (nSPS) is 18.7. The molecule has 3 aromatic carbocycles. The molecule has 7 heteroatoms. The number of amides is 2. The number of benzene rings is 3. The number of aryl methyl sites for hydroxylation is 1. The van der Waals surface area contributed by atoms with Crippen LogP contribution >= 0.6 is 0 Å². The molecule has 4 aromatic rings. The molecule has 1 atom stereocenters. The molecule has 1 fully saturated rings. The van der Waals surface area contributed by atoms with Crippen molar-refractivity contribution in [1.82, 2.24) is 20.2 Å². The van der Waals surface area contributed by atoms with Crippen LogP contribution in [-0.2, 0) is 12.1 Å². The molecule has 2 amide bonds. The highest BCUT2D eigenvalue weighted by Gasteiger charge is 2.54. The van der Waals surface area contributed by atoms with Gasteiger partial charge in [0.15, 0.2) is 17.2 Å². The zero-order valence-electron chi connectivity index (χ0n) is 18.6. The molecule has 7 nitrogen and oxygen atoms in total. The number of hydrogen-bond acceptors (Lipinski definition) is 4. The van der Waals surface area contributed by atoms with Gasteiger partial charge in [0.25, 0.3) is 0 Å². The first-order chi connectivity index (χ1) is 16.6. The summed E-state index contributed by atoms with van der Waals surface area (Å²) >= 11 is 0. The smallest absolute Gasteiger partial charge is 0.324 e. The van der Waals surface area contributed by atoms with E-state index in [0.29, 0.717) is 23.9 Å². The highest BCUT2D eigenvalue weighted by atomic mass is 16.2. The van der Waals surface area contributed by atoms with E-state index in [2.05, 4.69) is 61.7 Å². The number of fused-ring (bicyclic) bond motifs is 3. The fourth-order valence-corrected chi connectivity index (χ4v) is 4.63. The molecular formula is C27H22N6O. The number of hydrogen-bond donors (Lipinski definition) is 2. The number of urea groups is 1. The van der Waals surface area contributed by atoms with Gasteiger partial charge in [-0.15, -0.1) is 0 Å². The van der Waals surface area contributed by atoms with Crippen LogP contribution in [0.5, 0.6) is 0 Å². The summed E-state index contributed by atoms with van der Waals surface area (Å²) < 4.78 is 0. The first-order valence-corrected chi connectivity index (χ1v) is 11.1. The summed E-state index contributed by atoms with van der Waals surface area (Å²) in [4.78, 5) is 31.6. The van der Waals surface area contributed by atoms with E-state index in [-0.39, 0.29) is 6.03 Å². The van der Waals surface area contributed by atoms with Crippen LogP contribution in [0.3, 0.4) is 0 Å². The van der Waals surface area contributed by atoms with Crippen molar-refractivity contribution in [3.63, 3.8) is 0 Å². The number of H-pyrrole nitrogens is 1. The van der Waals surface area contributed by atoms with Crippen molar-refractivity contribution in [1.29, 1.82) is 0 Å². The average Bonchev–Trinajstić information content (AvgIpc) is 3.40. The number of aromatic nitrogens is 2. The van der Waals surface area contributed by atoms with Gasteiger partial charge in [0, 0.05) is 0 Å². The SMILES string of the molecule is Cc1ccc(C23NC(=O)N(Cc4ccc(-c5ccccc5)cc4)C2=NC=Nc2nc[nH]c23)cc1. The standard InChI is InChI=1S/C27H22N6O/c1-18-7-13-22(14-8-18)27-23-24(29-16-28-23)30-17-31-25(27)33(26(34)32-27)15-19-9-11-21(12-10-19)20-5-3-2-4-6-20/h2-14,16-17H,15H2,1H3,(H,28,29)(H,32,34). The molecule has 1 saturated heterocycles. The van der Waals surface area contributed by atoms with Gasteiger partial charge in [-0.1, -0.05) is 84.4 Å². The number of imidazole rings is 1. The Morgan fingerprint density at radius 3 is 2.41 bits per heavy atom. The van der Waals surface area contributed by atoms with E-state index in [1.807, 2.05) is 49.4 Å². The molecule has 1 unspecified atom stereocenters. The highest BCUT2D eigenvalue weighted by molar-refractivity contribution is 6.15. The molecule has 0 bridgehead atoms. The summed E-state index contributed by atoms with van der Waals surface area (Å²) in [6.45, 7) is 2.41. The summed E-state index contributed by atoms with van der Waals surface area (Å²) in [5.41, 5.74) is 5.00. The third-order valence-electron chi connectivity index (χ3n) is 6.37. The van der Waals surface area contributed by atoms with Crippen molar-refractivity contribution in [2.24, 2.45) is 9.98 Å². The molecule has 2 aliphatic heterocycles. The van der Waals surface area contributed by atoms with E-state index in [9.17, 15) is 4.79 Å². The Bertz CT molecular complexity index is 1420. The largest absolute Gasteiger partial charge is 0.344 e. The van der Waals surface area contributed by atoms with Gasteiger partial charge in [-0.3, -0.25) is 4.90 Å². The second kappa shape index (κ2) is 7.81. The van der Waals surface area contributed by atoms with Crippen LogP contribution < -0.4 is 5.32 Å². The minimum Gasteiger partial charge on any atom is -0.344 e. The van der Waals surface area contributed by atoms with Crippen molar-refractivity contribution in [2.45, 2.75) is 19.0 Å². The molecule has 1 aromatic heterocycles. The first kappa shape index (κ1) is 20.1. The van der Waals surface area contributed by atoms with E-state index in [4.69, 9.17) is 0 Å². The highest BCUT2D eigenvalue weighted by Crippen LogP contribution is 2.41. The third-order valence-corrected chi connectivity index (χ3v) is 6.37. The van der Waals surface area contributed by atoms with Gasteiger partial charge < -0.3 is 10.3 Å². The van der Waals surface area contributed by atoms with E-state index >= 15 is 0 Å². The summed E-state index contributed by atoms with van der Waals surface area (Å²) in [6, 6.07) is 26.3. The van der Waals surface area contributed by atoms with E-state index in [0.717, 1.165) is 27.8 Å². The van der Waals surface area contributed by atoms with Gasteiger partial charge in [0.1, 0.15) is 6.34 Å². The minimum absolute atomic E-state index is 0.220. The number of aliphatic imine (C=N–C) groups is 2. The van der Waals surface area contributed by atoms with Crippen LogP contribution in [-0.4, -0.2) is 33.1 Å². The summed E-state index contributed by atoms with van der Waals surface area (Å²) in [5.74, 6) is 1.08. The number of rotatable bonds is 4. The van der Waals surface area contributed by atoms with Crippen molar-refractivity contribution in [3.8, 4) is 11.1 Å². The summed E-state index contributed by atoms with van der Waals surface area (Å²) in [7, 11) is 0. The number of carbonyl (C=O) groups is 1. The molecule has 3 heterocycles. The Morgan fingerprint density at radius 2 is 1.65 bits per heavy atom. The maximum Gasteiger partial charge on any atom is 0.324 e. The molecule has 6 rings (SSSR count). The zero-order chi connectivity index (χ0) is 23.1. The minimum atomic E-state index is -1.00. The van der Waals surface area contributed by atoms with E-state index < -0.39 is 5.54 Å². The van der Waals surface area contributed by atoms with Gasteiger partial charge in [0.05, 0.1) is 18.6 Å². The van der Waals surface area contributed by atoms with Crippen LogP contribution in [0.25, 0.3) is 11.1 Å². The lowest BCUT2D eigenvalue weighted by molar-refractivity contribution is 0.225. The quantitative estimate of drug-likeness (QED) is 0.466. The Morgan fingerprint density at radius 1 is 0.912 bits per heavy atom. The topological polar surface area (TPSA) is 85.7 Å². The lowest BCUT2D eigenvalue weighted by Gasteiger charge is -2.29. The number of nitrogens with one attached hydrogen (secondary N) is 2. The predicted octanol–water partition coefficient (Wildman–Crippen LogP) is 4.93. The molecule has 0 aliphatic carbocycles. The number of nitrogens with zero attached hydrogens (tertiary/aromatic N) is 4. The summed E-state index contributed by atoms with van der Waals surface area (Å²) in [6.07, 6.45) is 3.06.